The fraction of sp³-hybridized carbons (Fsp3) is 0.139. The van der Waals surface area contributed by atoms with Gasteiger partial charge in [0, 0.05) is 12.2 Å². The lowest BCUT2D eigenvalue weighted by Crippen LogP contribution is -2.01. The molecule has 1 heteroatoms. The first kappa shape index (κ1) is 40.3. The van der Waals surface area contributed by atoms with Crippen molar-refractivity contribution in [2.45, 2.75) is 58.3 Å². The van der Waals surface area contributed by atoms with Crippen molar-refractivity contribution in [1.29, 1.82) is 0 Å². The molecule has 0 unspecified atom stereocenters. The van der Waals surface area contributed by atoms with Crippen molar-refractivity contribution in [2.24, 2.45) is 0 Å². The minimum absolute atomic E-state index is 1.01. The van der Waals surface area contributed by atoms with Crippen LogP contribution < -0.4 is 5.32 Å². The molecule has 0 aliphatic heterocycles. The monoisotopic (exact) mass is 929 g/mol. The van der Waals surface area contributed by atoms with Crippen molar-refractivity contribution in [2.75, 3.05) is 11.9 Å². The summed E-state index contributed by atoms with van der Waals surface area (Å²) in [5.74, 6) is 0. The molecule has 0 saturated carbocycles. The van der Waals surface area contributed by atoms with E-state index < -0.39 is 0 Å². The number of nitrogens with one attached hydrogen (secondary N) is 1. The van der Waals surface area contributed by atoms with Gasteiger partial charge >= 0.3 is 0 Å². The van der Waals surface area contributed by atoms with Gasteiger partial charge in [0.15, 0.2) is 0 Å². The SMILES string of the molecule is CCCCCCCCNc1ccc2c(c1)-c1ccc3c4ccc5c6c(-c7ccccc7)c7c8ccc9c%10cccc%11cccc(c%12ccc(c7c(C7=CC=CCC7)c6c6ccc(c7ccc-2c1c73)c4c65)c8c%129)c%11%10. The van der Waals surface area contributed by atoms with Crippen molar-refractivity contribution in [1.82, 2.24) is 0 Å². The summed E-state index contributed by atoms with van der Waals surface area (Å²) in [4.78, 5) is 0. The molecule has 0 amide bonds. The Kier molecular flexibility index (Phi) is 8.24. The van der Waals surface area contributed by atoms with Crippen molar-refractivity contribution in [3.63, 3.8) is 0 Å². The standard InChI is InChI=1S/C72H51N/c1-2-3-4-5-6-13-38-73-43-24-25-44-47-26-27-50-52-32-36-57-68-58(37-33-53(66(52)68)51-28-29-54(59(44)39-43)63(47)64(50)51)72-62(42-18-11-8-12-19-42)70-56-35-31-49-46-23-15-21-40-20-14-22-45(60(40)46)48-30-34-55(67(56)65(48)49)69(70)61(71(57)72)41-16-9-7-10-17-41/h7-9,11-12,14-16,18-37,39,73H,2-6,10,13,17,38H2,1H3. The number of benzene rings is 13. The summed E-state index contributed by atoms with van der Waals surface area (Å²) in [6.45, 7) is 3.31. The topological polar surface area (TPSA) is 12.0 Å². The number of rotatable bonds is 10. The lowest BCUT2D eigenvalue weighted by Gasteiger charge is -2.18. The second-order valence-corrected chi connectivity index (χ2v) is 21.7. The highest BCUT2D eigenvalue weighted by Crippen LogP contribution is 2.59. The fourth-order valence-corrected chi connectivity index (χ4v) is 15.0. The molecule has 0 fully saturated rings. The van der Waals surface area contributed by atoms with E-state index in [2.05, 4.69) is 188 Å². The number of unbranched alkanes of at least 4 members (excludes halogenated alkanes) is 5. The minimum atomic E-state index is 1.01. The third-order valence-electron chi connectivity index (χ3n) is 18.0. The van der Waals surface area contributed by atoms with Crippen LogP contribution in [0.5, 0.6) is 0 Å². The average molecular weight is 930 g/mol. The summed E-state index contributed by atoms with van der Waals surface area (Å²) in [5.41, 5.74) is 12.2. The summed E-state index contributed by atoms with van der Waals surface area (Å²) >= 11 is 0. The van der Waals surface area contributed by atoms with Gasteiger partial charge in [-0.05, 0) is 205 Å². The molecule has 0 bridgehead atoms. The molecule has 0 heterocycles. The lowest BCUT2D eigenvalue weighted by atomic mass is 9.85. The Balaban J connectivity index is 0.959. The zero-order valence-electron chi connectivity index (χ0n) is 41.1. The first-order valence-electron chi connectivity index (χ1n) is 27.1. The second-order valence-electron chi connectivity index (χ2n) is 21.7. The Bertz CT molecular complexity index is 4820. The van der Waals surface area contributed by atoms with E-state index in [-0.39, 0.29) is 0 Å². The third-order valence-corrected chi connectivity index (χ3v) is 18.0. The second kappa shape index (κ2) is 14.9. The zero-order chi connectivity index (χ0) is 47.6. The highest BCUT2D eigenvalue weighted by atomic mass is 14.9. The summed E-state index contributed by atoms with van der Waals surface area (Å²) < 4.78 is 0. The summed E-state index contributed by atoms with van der Waals surface area (Å²) in [6.07, 6.45) is 17.0. The molecule has 17 rings (SSSR count). The van der Waals surface area contributed by atoms with Gasteiger partial charge < -0.3 is 5.32 Å². The van der Waals surface area contributed by atoms with Gasteiger partial charge in [0.25, 0.3) is 0 Å². The van der Waals surface area contributed by atoms with Crippen LogP contribution in [0.1, 0.15) is 63.9 Å². The molecule has 1 nitrogen and oxygen atoms in total. The van der Waals surface area contributed by atoms with Gasteiger partial charge in [-0.25, -0.2) is 0 Å². The number of fused-ring (bicyclic) bond motifs is 13. The predicted octanol–water partition coefficient (Wildman–Crippen LogP) is 21.1. The number of hydrogen-bond donors (Lipinski definition) is 1. The first-order valence-corrected chi connectivity index (χ1v) is 27.1. The Morgan fingerprint density at radius 1 is 0.370 bits per heavy atom. The lowest BCUT2D eigenvalue weighted by molar-refractivity contribution is 0.617. The van der Waals surface area contributed by atoms with E-state index in [1.165, 1.54) is 218 Å². The normalized spacial score (nSPS) is 13.8. The Morgan fingerprint density at radius 2 is 0.863 bits per heavy atom. The van der Waals surface area contributed by atoms with Crippen molar-refractivity contribution in [3.8, 4) is 33.4 Å². The van der Waals surface area contributed by atoms with Crippen LogP contribution in [-0.2, 0) is 0 Å². The van der Waals surface area contributed by atoms with Crippen LogP contribution >= 0.6 is 0 Å². The van der Waals surface area contributed by atoms with E-state index in [4.69, 9.17) is 0 Å². The highest BCUT2D eigenvalue weighted by molar-refractivity contribution is 6.50. The van der Waals surface area contributed by atoms with Gasteiger partial charge in [-0.2, -0.15) is 0 Å². The summed E-state index contributed by atoms with van der Waals surface area (Å²) in [5, 5.41) is 36.7. The molecule has 0 saturated heterocycles. The van der Waals surface area contributed by atoms with Gasteiger partial charge in [0.05, 0.1) is 0 Å². The molecule has 2 aliphatic rings. The zero-order valence-corrected chi connectivity index (χ0v) is 41.1. The predicted molar refractivity (Wildman–Crippen MR) is 319 cm³/mol. The molecular weight excluding hydrogens is 879 g/mol. The number of allylic oxidation sites excluding steroid dienone is 4. The van der Waals surface area contributed by atoms with Gasteiger partial charge in [0.2, 0.25) is 0 Å². The smallest absolute Gasteiger partial charge is 0.0346 e. The molecule has 15 aromatic rings. The van der Waals surface area contributed by atoms with Crippen molar-refractivity contribution >= 4 is 141 Å². The van der Waals surface area contributed by atoms with Crippen LogP contribution in [0.25, 0.3) is 168 Å². The average Bonchev–Trinajstić information content (AvgIpc) is 4.10. The van der Waals surface area contributed by atoms with Crippen LogP contribution in [0.3, 0.4) is 0 Å². The maximum atomic E-state index is 3.79. The molecule has 15 aromatic carbocycles. The van der Waals surface area contributed by atoms with E-state index in [1.807, 2.05) is 0 Å². The molecular formula is C72H51N. The number of hydrogen-bond acceptors (Lipinski definition) is 1. The van der Waals surface area contributed by atoms with E-state index in [1.54, 1.807) is 0 Å². The van der Waals surface area contributed by atoms with Crippen LogP contribution in [0.4, 0.5) is 5.69 Å². The summed E-state index contributed by atoms with van der Waals surface area (Å²) in [7, 11) is 0. The minimum Gasteiger partial charge on any atom is -0.385 e. The molecule has 0 spiro atoms. The van der Waals surface area contributed by atoms with E-state index in [0.29, 0.717) is 0 Å². The van der Waals surface area contributed by atoms with Crippen molar-refractivity contribution < 1.29 is 0 Å². The molecule has 0 aromatic heterocycles. The molecule has 344 valence electrons. The molecule has 0 atom stereocenters. The Morgan fingerprint density at radius 3 is 1.45 bits per heavy atom. The third kappa shape index (κ3) is 5.22. The van der Waals surface area contributed by atoms with Crippen LogP contribution in [0.15, 0.2) is 176 Å². The Labute approximate surface area is 423 Å². The van der Waals surface area contributed by atoms with E-state index >= 15 is 0 Å². The van der Waals surface area contributed by atoms with Crippen LogP contribution in [0.2, 0.25) is 0 Å². The summed E-state index contributed by atoms with van der Waals surface area (Å²) in [6, 6.07) is 61.8. The van der Waals surface area contributed by atoms with Gasteiger partial charge in [-0.1, -0.05) is 203 Å². The quantitative estimate of drug-likeness (QED) is 0.0819. The molecule has 73 heavy (non-hydrogen) atoms. The van der Waals surface area contributed by atoms with Crippen molar-refractivity contribution in [3.05, 3.63) is 182 Å². The maximum Gasteiger partial charge on any atom is 0.0346 e. The Hall–Kier alpha value is -8.26. The van der Waals surface area contributed by atoms with Gasteiger partial charge in [-0.3, -0.25) is 0 Å². The number of anilines is 1. The molecule has 1 N–H and O–H groups in total. The van der Waals surface area contributed by atoms with Gasteiger partial charge in [0.1, 0.15) is 0 Å². The first-order chi connectivity index (χ1) is 36.2. The van der Waals surface area contributed by atoms with Crippen LogP contribution in [-0.4, -0.2) is 6.54 Å². The van der Waals surface area contributed by atoms with E-state index in [9.17, 15) is 0 Å². The largest absolute Gasteiger partial charge is 0.385 e. The van der Waals surface area contributed by atoms with E-state index in [0.717, 1.165) is 19.4 Å². The molecule has 0 radical (unpaired) electrons. The van der Waals surface area contributed by atoms with Gasteiger partial charge in [-0.15, -0.1) is 0 Å². The van der Waals surface area contributed by atoms with Crippen LogP contribution in [0, 0.1) is 0 Å². The maximum absolute atomic E-state index is 3.79. The molecule has 2 aliphatic carbocycles. The fourth-order valence-electron chi connectivity index (χ4n) is 15.0. The highest BCUT2D eigenvalue weighted by Gasteiger charge is 2.31.